The lowest BCUT2D eigenvalue weighted by atomic mass is 9.74. The third-order valence-corrected chi connectivity index (χ3v) is 7.51. The Balaban J connectivity index is 1.34. The van der Waals surface area contributed by atoms with E-state index in [4.69, 9.17) is 14.2 Å². The molecule has 1 fully saturated rings. The summed E-state index contributed by atoms with van der Waals surface area (Å²) in [5, 5.41) is 18.6. The Morgan fingerprint density at radius 3 is 2.77 bits per heavy atom. The lowest BCUT2D eigenvalue weighted by Gasteiger charge is -2.35. The van der Waals surface area contributed by atoms with Crippen LogP contribution in [0, 0.1) is 17.1 Å². The van der Waals surface area contributed by atoms with Crippen LogP contribution in [0.5, 0.6) is 5.75 Å². The lowest BCUT2D eigenvalue weighted by molar-refractivity contribution is -0.151. The van der Waals surface area contributed by atoms with Crippen molar-refractivity contribution in [3.05, 3.63) is 95.6 Å². The molecule has 8 nitrogen and oxygen atoms in total. The van der Waals surface area contributed by atoms with Gasteiger partial charge >= 0.3 is 5.97 Å². The van der Waals surface area contributed by atoms with E-state index in [0.29, 0.717) is 48.6 Å². The van der Waals surface area contributed by atoms with Crippen molar-refractivity contribution in [2.75, 3.05) is 20.3 Å². The summed E-state index contributed by atoms with van der Waals surface area (Å²) in [5.74, 6) is -0.575. The number of hydrogen-bond acceptors (Lipinski definition) is 7. The van der Waals surface area contributed by atoms with Gasteiger partial charge in [-0.1, -0.05) is 24.3 Å². The first-order valence-electron chi connectivity index (χ1n) is 12.9. The smallest absolute Gasteiger partial charge is 0.316 e. The normalized spacial score (nSPS) is 14.6. The van der Waals surface area contributed by atoms with Crippen molar-refractivity contribution in [1.82, 2.24) is 14.6 Å². The molecule has 3 heterocycles. The Morgan fingerprint density at radius 1 is 1.12 bits per heavy atom. The van der Waals surface area contributed by atoms with Gasteiger partial charge in [-0.3, -0.25) is 9.20 Å². The molecule has 0 amide bonds. The minimum Gasteiger partial charge on any atom is -0.489 e. The first-order valence-corrected chi connectivity index (χ1v) is 12.9. The molecule has 200 valence electrons. The van der Waals surface area contributed by atoms with Crippen LogP contribution in [0.2, 0.25) is 0 Å². The van der Waals surface area contributed by atoms with Crippen LogP contribution in [0.4, 0.5) is 4.39 Å². The Morgan fingerprint density at radius 2 is 1.98 bits per heavy atom. The number of benzene rings is 3. The van der Waals surface area contributed by atoms with Gasteiger partial charge in [0.1, 0.15) is 24.5 Å². The zero-order valence-corrected chi connectivity index (χ0v) is 21.8. The van der Waals surface area contributed by atoms with Crippen molar-refractivity contribution in [3.63, 3.8) is 0 Å². The second kappa shape index (κ2) is 10.4. The topological polar surface area (TPSA) is 98.7 Å². The molecule has 0 bridgehead atoms. The fourth-order valence-electron chi connectivity index (χ4n) is 5.44. The molecule has 1 saturated heterocycles. The first kappa shape index (κ1) is 25.5. The van der Waals surface area contributed by atoms with Gasteiger partial charge in [0, 0.05) is 24.7 Å². The molecule has 3 aromatic carbocycles. The average Bonchev–Trinajstić information content (AvgIpc) is 3.48. The summed E-state index contributed by atoms with van der Waals surface area (Å²) in [7, 11) is 1.34. The van der Waals surface area contributed by atoms with Crippen molar-refractivity contribution in [3.8, 4) is 22.9 Å². The second-order valence-corrected chi connectivity index (χ2v) is 9.81. The number of fused-ring (bicyclic) bond motifs is 3. The van der Waals surface area contributed by atoms with E-state index in [-0.39, 0.29) is 6.61 Å². The van der Waals surface area contributed by atoms with Gasteiger partial charge < -0.3 is 14.2 Å². The van der Waals surface area contributed by atoms with Gasteiger partial charge in [0.25, 0.3) is 0 Å². The molecular weight excluding hydrogens is 511 g/mol. The highest BCUT2D eigenvalue weighted by atomic mass is 19.1. The number of carbonyl (C=O) groups excluding carboxylic acids is 1. The molecule has 40 heavy (non-hydrogen) atoms. The van der Waals surface area contributed by atoms with Crippen LogP contribution < -0.4 is 4.74 Å². The first-order chi connectivity index (χ1) is 19.5. The zero-order valence-electron chi connectivity index (χ0n) is 21.8. The summed E-state index contributed by atoms with van der Waals surface area (Å²) >= 11 is 0. The monoisotopic (exact) mass is 536 g/mol. The summed E-state index contributed by atoms with van der Waals surface area (Å²) in [6, 6.07) is 21.9. The van der Waals surface area contributed by atoms with Gasteiger partial charge in [-0.2, -0.15) is 5.26 Å². The fraction of sp³-hybridized carbons (Fsp3) is 0.226. The van der Waals surface area contributed by atoms with Gasteiger partial charge in [0.05, 0.1) is 29.7 Å². The molecule has 1 aliphatic rings. The molecule has 5 aromatic rings. The molecule has 0 spiro atoms. The maximum absolute atomic E-state index is 14.8. The number of ether oxygens (including phenoxy) is 3. The van der Waals surface area contributed by atoms with Gasteiger partial charge in [0.2, 0.25) is 0 Å². The molecule has 1 aliphatic heterocycles. The number of rotatable bonds is 6. The van der Waals surface area contributed by atoms with Crippen LogP contribution in [-0.2, 0) is 26.3 Å². The number of esters is 1. The van der Waals surface area contributed by atoms with Gasteiger partial charge in [-0.15, -0.1) is 10.2 Å². The second-order valence-electron chi connectivity index (χ2n) is 9.81. The van der Waals surface area contributed by atoms with E-state index in [1.807, 2.05) is 46.9 Å². The van der Waals surface area contributed by atoms with E-state index in [9.17, 15) is 14.4 Å². The number of hydrogen-bond donors (Lipinski definition) is 0. The van der Waals surface area contributed by atoms with Crippen LogP contribution >= 0.6 is 0 Å². The van der Waals surface area contributed by atoms with Crippen molar-refractivity contribution in [2.45, 2.75) is 24.9 Å². The molecule has 0 atom stereocenters. The molecule has 9 heteroatoms. The molecule has 0 N–H and O–H groups in total. The highest BCUT2D eigenvalue weighted by Crippen LogP contribution is 2.38. The summed E-state index contributed by atoms with van der Waals surface area (Å²) < 4.78 is 33.2. The average molecular weight is 537 g/mol. The Bertz CT molecular complexity index is 1790. The molecule has 0 unspecified atom stereocenters. The van der Waals surface area contributed by atoms with Crippen LogP contribution in [-0.4, -0.2) is 40.9 Å². The van der Waals surface area contributed by atoms with E-state index < -0.39 is 17.2 Å². The van der Waals surface area contributed by atoms with Gasteiger partial charge in [0.15, 0.2) is 5.65 Å². The zero-order chi connectivity index (χ0) is 27.7. The SMILES string of the molecule is COC(=O)C1(c2cc(F)cc(OCc3ccc4c(-c5cccc(C#N)c5)cc5nncn5c4c3)c2)CCOCC1. The summed E-state index contributed by atoms with van der Waals surface area (Å²) in [5.41, 5.74) is 4.33. The highest BCUT2D eigenvalue weighted by molar-refractivity contribution is 5.97. The summed E-state index contributed by atoms with van der Waals surface area (Å²) in [6.07, 6.45) is 2.46. The highest BCUT2D eigenvalue weighted by Gasteiger charge is 2.43. The fourth-order valence-corrected chi connectivity index (χ4v) is 5.44. The maximum Gasteiger partial charge on any atom is 0.316 e. The van der Waals surface area contributed by atoms with Crippen molar-refractivity contribution < 1.29 is 23.4 Å². The maximum atomic E-state index is 14.8. The molecule has 0 aliphatic carbocycles. The molecule has 6 rings (SSSR count). The number of carbonyl (C=O) groups is 1. The van der Waals surface area contributed by atoms with E-state index in [2.05, 4.69) is 16.3 Å². The third-order valence-electron chi connectivity index (χ3n) is 7.51. The molecule has 0 radical (unpaired) electrons. The van der Waals surface area contributed by atoms with Crippen LogP contribution in [0.1, 0.15) is 29.5 Å². The van der Waals surface area contributed by atoms with Crippen molar-refractivity contribution >= 4 is 22.5 Å². The molecular formula is C31H25FN4O4. The van der Waals surface area contributed by atoms with Crippen molar-refractivity contribution in [1.29, 1.82) is 5.26 Å². The van der Waals surface area contributed by atoms with E-state index in [1.165, 1.54) is 19.2 Å². The number of pyridine rings is 1. The number of methoxy groups -OCH3 is 1. The van der Waals surface area contributed by atoms with E-state index in [1.54, 1.807) is 18.5 Å². The molecule has 0 saturated carbocycles. The largest absolute Gasteiger partial charge is 0.489 e. The third kappa shape index (κ3) is 4.52. The van der Waals surface area contributed by atoms with Crippen molar-refractivity contribution in [2.24, 2.45) is 0 Å². The van der Waals surface area contributed by atoms with Crippen LogP contribution in [0.25, 0.3) is 27.7 Å². The standard InChI is InChI=1S/C31H25FN4O4/c1-38-30(37)31(7-9-39-10-8-31)23-13-24(32)15-25(14-23)40-18-21-5-6-26-27(22-4-2-3-20(11-22)17-33)16-29-35-34-19-36(29)28(26)12-21/h2-6,11-16,19H,7-10,18H2,1H3. The molecule has 2 aromatic heterocycles. The summed E-state index contributed by atoms with van der Waals surface area (Å²) in [4.78, 5) is 12.8. The number of aromatic nitrogens is 3. The minimum atomic E-state index is -0.977. The number of nitrogens with zero attached hydrogens (tertiary/aromatic N) is 4. The predicted molar refractivity (Wildman–Crippen MR) is 145 cm³/mol. The lowest BCUT2D eigenvalue weighted by Crippen LogP contribution is -2.42. The number of halogens is 1. The van der Waals surface area contributed by atoms with E-state index >= 15 is 0 Å². The van der Waals surface area contributed by atoms with Gasteiger partial charge in [-0.05, 0) is 71.5 Å². The predicted octanol–water partition coefficient (Wildman–Crippen LogP) is 5.36. The Labute approximate surface area is 229 Å². The summed E-state index contributed by atoms with van der Waals surface area (Å²) in [6.45, 7) is 0.948. The minimum absolute atomic E-state index is 0.172. The Kier molecular flexibility index (Phi) is 6.62. The van der Waals surface area contributed by atoms with E-state index in [0.717, 1.165) is 27.6 Å². The van der Waals surface area contributed by atoms with Crippen LogP contribution in [0.15, 0.2) is 73.1 Å². The quantitative estimate of drug-likeness (QED) is 0.270. The van der Waals surface area contributed by atoms with Crippen LogP contribution in [0.3, 0.4) is 0 Å². The Hall–Kier alpha value is -4.81. The number of nitriles is 1. The van der Waals surface area contributed by atoms with Gasteiger partial charge in [-0.25, -0.2) is 4.39 Å².